The predicted molar refractivity (Wildman–Crippen MR) is 37.9 cm³/mol. The molecule has 1 unspecified atom stereocenters. The molecule has 0 aliphatic rings. The second-order valence-electron chi connectivity index (χ2n) is 1.70. The van der Waals surface area contributed by atoms with E-state index in [0.29, 0.717) is 0 Å². The summed E-state index contributed by atoms with van der Waals surface area (Å²) in [6, 6.07) is 0. The lowest BCUT2D eigenvalue weighted by Gasteiger charge is -1.92. The molecule has 0 amide bonds. The van der Waals surface area contributed by atoms with Crippen molar-refractivity contribution >= 4 is 15.9 Å². The monoisotopic (exact) mass is 180 g/mol. The molecule has 1 atom stereocenters. The van der Waals surface area contributed by atoms with E-state index in [1.54, 1.807) is 6.08 Å². The zero-order chi connectivity index (χ0) is 6.57. The van der Waals surface area contributed by atoms with Crippen LogP contribution in [0.1, 0.15) is 20.3 Å². The summed E-state index contributed by atoms with van der Waals surface area (Å²) in [5, 5.41) is -0.970. The highest BCUT2D eigenvalue weighted by Crippen LogP contribution is 2.07. The lowest BCUT2D eigenvalue weighted by molar-refractivity contribution is 0.526. The zero-order valence-corrected chi connectivity index (χ0v) is 6.70. The van der Waals surface area contributed by atoms with E-state index >= 15 is 0 Å². The van der Waals surface area contributed by atoms with Gasteiger partial charge in [-0.15, -0.1) is 0 Å². The van der Waals surface area contributed by atoms with Gasteiger partial charge < -0.3 is 0 Å². The summed E-state index contributed by atoms with van der Waals surface area (Å²) in [6.45, 7) is 3.91. The van der Waals surface area contributed by atoms with E-state index in [2.05, 4.69) is 15.9 Å². The number of alkyl halides is 2. The molecule has 0 saturated carbocycles. The zero-order valence-electron chi connectivity index (χ0n) is 5.12. The minimum absolute atomic E-state index is 0.923. The quantitative estimate of drug-likeness (QED) is 0.453. The fraction of sp³-hybridized carbons (Fsp3) is 0.667. The van der Waals surface area contributed by atoms with Crippen LogP contribution in [-0.2, 0) is 0 Å². The Morgan fingerprint density at radius 1 is 1.88 bits per heavy atom. The Morgan fingerprint density at radius 2 is 2.38 bits per heavy atom. The molecule has 0 aromatic carbocycles. The molecule has 0 aliphatic carbocycles. The van der Waals surface area contributed by atoms with Crippen LogP contribution in [0, 0.1) is 0 Å². The molecule has 0 heterocycles. The topological polar surface area (TPSA) is 0 Å². The number of allylic oxidation sites excluding steroid dienone is 2. The minimum atomic E-state index is -0.970. The molecule has 0 rings (SSSR count). The van der Waals surface area contributed by atoms with Crippen LogP contribution in [0.4, 0.5) is 4.39 Å². The Labute approximate surface area is 57.9 Å². The van der Waals surface area contributed by atoms with Crippen LogP contribution < -0.4 is 0 Å². The highest BCUT2D eigenvalue weighted by molar-refractivity contribution is 9.09. The fourth-order valence-electron chi connectivity index (χ4n) is 0.333. The third kappa shape index (κ3) is 4.31. The molecule has 0 fully saturated rings. The molecule has 0 radical (unpaired) electrons. The van der Waals surface area contributed by atoms with Gasteiger partial charge in [0, 0.05) is 0 Å². The van der Waals surface area contributed by atoms with E-state index in [9.17, 15) is 4.39 Å². The summed E-state index contributed by atoms with van der Waals surface area (Å²) in [5.74, 6) is 0. The van der Waals surface area contributed by atoms with E-state index in [0.717, 1.165) is 12.0 Å². The summed E-state index contributed by atoms with van der Waals surface area (Å²) in [5.41, 5.74) is 1.08. The van der Waals surface area contributed by atoms with Crippen molar-refractivity contribution in [2.24, 2.45) is 0 Å². The summed E-state index contributed by atoms with van der Waals surface area (Å²) in [4.78, 5) is 0. The van der Waals surface area contributed by atoms with Gasteiger partial charge in [-0.2, -0.15) is 0 Å². The van der Waals surface area contributed by atoms with E-state index in [-0.39, 0.29) is 0 Å². The summed E-state index contributed by atoms with van der Waals surface area (Å²) in [6.07, 6.45) is 2.48. The molecule has 0 bridgehead atoms. The van der Waals surface area contributed by atoms with E-state index in [1.807, 2.05) is 13.8 Å². The summed E-state index contributed by atoms with van der Waals surface area (Å²) in [7, 11) is 0. The van der Waals surface area contributed by atoms with Gasteiger partial charge in [0.1, 0.15) is 0 Å². The number of hydrogen-bond donors (Lipinski definition) is 0. The largest absolute Gasteiger partial charge is 0.230 e. The Hall–Kier alpha value is 0.150. The summed E-state index contributed by atoms with van der Waals surface area (Å²) >= 11 is 2.77. The van der Waals surface area contributed by atoms with Crippen LogP contribution in [0.2, 0.25) is 0 Å². The summed E-state index contributed by atoms with van der Waals surface area (Å²) < 4.78 is 12.0. The minimum Gasteiger partial charge on any atom is -0.230 e. The molecule has 0 nitrogen and oxygen atoms in total. The first kappa shape index (κ1) is 8.15. The van der Waals surface area contributed by atoms with Gasteiger partial charge in [0.15, 0.2) is 5.08 Å². The first-order valence-electron chi connectivity index (χ1n) is 2.62. The van der Waals surface area contributed by atoms with Crippen molar-refractivity contribution in [2.45, 2.75) is 25.3 Å². The van der Waals surface area contributed by atoms with Gasteiger partial charge in [0.05, 0.1) is 0 Å². The predicted octanol–water partition coefficient (Wildman–Crippen LogP) is 3.03. The maximum Gasteiger partial charge on any atom is 0.173 e. The molecule has 2 heteroatoms. The Kier molecular flexibility index (Phi) is 4.15. The van der Waals surface area contributed by atoms with Crippen LogP contribution in [0.5, 0.6) is 0 Å². The highest BCUT2D eigenvalue weighted by Gasteiger charge is 1.92. The standard InChI is InChI=1S/C6H10BrF/c1-3-5(2)4-6(7)8/h4,6H,3H2,1-2H3. The van der Waals surface area contributed by atoms with Gasteiger partial charge in [0.25, 0.3) is 0 Å². The highest BCUT2D eigenvalue weighted by atomic mass is 79.9. The van der Waals surface area contributed by atoms with Crippen molar-refractivity contribution in [1.82, 2.24) is 0 Å². The van der Waals surface area contributed by atoms with Crippen molar-refractivity contribution in [3.8, 4) is 0 Å². The van der Waals surface area contributed by atoms with Gasteiger partial charge in [-0.1, -0.05) is 12.5 Å². The molecule has 0 aromatic heterocycles. The Bertz CT molecular complexity index is 86.5. The SMILES string of the molecule is CCC(C)=CC(F)Br. The smallest absolute Gasteiger partial charge is 0.173 e. The molecular formula is C6H10BrF. The van der Waals surface area contributed by atoms with Gasteiger partial charge in [-0.3, -0.25) is 0 Å². The number of rotatable bonds is 2. The van der Waals surface area contributed by atoms with Crippen molar-refractivity contribution in [1.29, 1.82) is 0 Å². The average Bonchev–Trinajstić information content (AvgIpc) is 1.65. The van der Waals surface area contributed by atoms with E-state index < -0.39 is 5.08 Å². The first-order valence-corrected chi connectivity index (χ1v) is 3.53. The molecule has 0 saturated heterocycles. The second-order valence-corrected chi connectivity index (χ2v) is 2.58. The van der Waals surface area contributed by atoms with Crippen LogP contribution in [0.15, 0.2) is 11.6 Å². The van der Waals surface area contributed by atoms with Crippen LogP contribution in [0.3, 0.4) is 0 Å². The van der Waals surface area contributed by atoms with Gasteiger partial charge in [-0.25, -0.2) is 4.39 Å². The molecule has 48 valence electrons. The van der Waals surface area contributed by atoms with Crippen LogP contribution in [-0.4, -0.2) is 5.08 Å². The van der Waals surface area contributed by atoms with E-state index in [4.69, 9.17) is 0 Å². The average molecular weight is 181 g/mol. The van der Waals surface area contributed by atoms with Crippen LogP contribution in [0.25, 0.3) is 0 Å². The lowest BCUT2D eigenvalue weighted by atomic mass is 10.2. The van der Waals surface area contributed by atoms with Crippen molar-refractivity contribution < 1.29 is 4.39 Å². The van der Waals surface area contributed by atoms with Gasteiger partial charge >= 0.3 is 0 Å². The molecule has 0 aliphatic heterocycles. The van der Waals surface area contributed by atoms with E-state index in [1.165, 1.54) is 0 Å². The Morgan fingerprint density at radius 3 is 2.50 bits per heavy atom. The molecular weight excluding hydrogens is 171 g/mol. The first-order chi connectivity index (χ1) is 3.66. The van der Waals surface area contributed by atoms with Gasteiger partial charge in [-0.05, 0) is 35.4 Å². The third-order valence-electron chi connectivity index (χ3n) is 0.968. The maximum absolute atomic E-state index is 12.0. The molecule has 0 spiro atoms. The van der Waals surface area contributed by atoms with Crippen LogP contribution >= 0.6 is 15.9 Å². The van der Waals surface area contributed by atoms with Crippen molar-refractivity contribution in [3.63, 3.8) is 0 Å². The fourth-order valence-corrected chi connectivity index (χ4v) is 0.784. The molecule has 0 N–H and O–H groups in total. The number of halogens is 2. The molecule has 8 heavy (non-hydrogen) atoms. The Balaban J connectivity index is 3.56. The lowest BCUT2D eigenvalue weighted by Crippen LogP contribution is -1.80. The maximum atomic E-state index is 12.0. The normalized spacial score (nSPS) is 16.2. The number of hydrogen-bond acceptors (Lipinski definition) is 0. The third-order valence-corrected chi connectivity index (χ3v) is 1.23. The van der Waals surface area contributed by atoms with Crippen molar-refractivity contribution in [2.75, 3.05) is 0 Å². The second kappa shape index (κ2) is 4.07. The molecule has 0 aromatic rings. The van der Waals surface area contributed by atoms with Gasteiger partial charge in [0.2, 0.25) is 0 Å². The van der Waals surface area contributed by atoms with Crippen molar-refractivity contribution in [3.05, 3.63) is 11.6 Å².